The highest BCUT2D eigenvalue weighted by molar-refractivity contribution is 9.10. The molecule has 0 radical (unpaired) electrons. The number of halogens is 1. The van der Waals surface area contributed by atoms with Gasteiger partial charge in [0.2, 0.25) is 0 Å². The molecule has 0 aliphatic carbocycles. The van der Waals surface area contributed by atoms with Crippen LogP contribution in [0.3, 0.4) is 0 Å². The molecule has 118 valence electrons. The van der Waals surface area contributed by atoms with Gasteiger partial charge in [-0.05, 0) is 43.4 Å². The number of carboxylic acids is 1. The van der Waals surface area contributed by atoms with Gasteiger partial charge in [0.25, 0.3) is 5.91 Å². The van der Waals surface area contributed by atoms with Crippen LogP contribution in [0, 0.1) is 0 Å². The topological polar surface area (TPSA) is 66.8 Å². The molecular weight excluding hydrogens is 350 g/mol. The number of rotatable bonds is 3. The number of carbonyl (C=O) groups is 2. The fourth-order valence-corrected chi connectivity index (χ4v) is 3.51. The first-order chi connectivity index (χ1) is 10.6. The van der Waals surface area contributed by atoms with Crippen LogP contribution in [-0.2, 0) is 14.3 Å². The van der Waals surface area contributed by atoms with Crippen LogP contribution in [0.1, 0.15) is 37.3 Å². The second-order valence-electron chi connectivity index (χ2n) is 5.77. The van der Waals surface area contributed by atoms with Gasteiger partial charge in [-0.15, -0.1) is 0 Å². The van der Waals surface area contributed by atoms with Gasteiger partial charge in [0, 0.05) is 11.0 Å². The largest absolute Gasteiger partial charge is 0.479 e. The SMILES string of the molecule is O=C(O)[C@H]1CC[C@@H](C(=O)N2CCCC2c2ccc(Br)cc2)O1. The molecule has 2 saturated heterocycles. The fourth-order valence-electron chi connectivity index (χ4n) is 3.25. The smallest absolute Gasteiger partial charge is 0.332 e. The van der Waals surface area contributed by atoms with Crippen molar-refractivity contribution in [3.8, 4) is 0 Å². The molecule has 2 aliphatic heterocycles. The van der Waals surface area contributed by atoms with Crippen LogP contribution in [-0.4, -0.2) is 40.6 Å². The summed E-state index contributed by atoms with van der Waals surface area (Å²) in [4.78, 5) is 25.5. The van der Waals surface area contributed by atoms with Gasteiger partial charge in [-0.2, -0.15) is 0 Å². The molecule has 1 unspecified atom stereocenters. The summed E-state index contributed by atoms with van der Waals surface area (Å²) in [5, 5.41) is 8.98. The third-order valence-corrected chi connectivity index (χ3v) is 4.89. The summed E-state index contributed by atoms with van der Waals surface area (Å²) < 4.78 is 6.41. The quantitative estimate of drug-likeness (QED) is 0.891. The van der Waals surface area contributed by atoms with E-state index in [2.05, 4.69) is 15.9 Å². The molecule has 3 rings (SSSR count). The number of amides is 1. The number of carboxylic acid groups (broad SMARTS) is 1. The molecule has 5 nitrogen and oxygen atoms in total. The zero-order valence-electron chi connectivity index (χ0n) is 12.1. The number of hydrogen-bond acceptors (Lipinski definition) is 3. The minimum Gasteiger partial charge on any atom is -0.479 e. The maximum Gasteiger partial charge on any atom is 0.332 e. The average Bonchev–Trinajstić information content (AvgIpc) is 3.17. The lowest BCUT2D eigenvalue weighted by Crippen LogP contribution is -2.39. The monoisotopic (exact) mass is 367 g/mol. The second kappa shape index (κ2) is 6.38. The standard InChI is InChI=1S/C16H18BrNO4/c17-11-5-3-10(4-6-11)12-2-1-9-18(12)15(19)13-7-8-14(22-13)16(20)21/h3-6,12-14H,1-2,7-9H2,(H,20,21)/t12?,13-,14+/m0/s1. The van der Waals surface area contributed by atoms with E-state index in [1.54, 1.807) is 0 Å². The van der Waals surface area contributed by atoms with Crippen molar-refractivity contribution in [1.29, 1.82) is 0 Å². The molecule has 3 atom stereocenters. The van der Waals surface area contributed by atoms with E-state index in [0.717, 1.165) is 22.9 Å². The van der Waals surface area contributed by atoms with Gasteiger partial charge in [-0.25, -0.2) is 4.79 Å². The Morgan fingerprint density at radius 1 is 1.14 bits per heavy atom. The molecule has 6 heteroatoms. The molecular formula is C16H18BrNO4. The van der Waals surface area contributed by atoms with E-state index < -0.39 is 18.2 Å². The van der Waals surface area contributed by atoms with Gasteiger partial charge in [0.15, 0.2) is 6.10 Å². The summed E-state index contributed by atoms with van der Waals surface area (Å²) in [6.07, 6.45) is 1.33. The average molecular weight is 368 g/mol. The Morgan fingerprint density at radius 2 is 1.82 bits per heavy atom. The number of nitrogens with zero attached hydrogens (tertiary/aromatic N) is 1. The van der Waals surface area contributed by atoms with Crippen molar-refractivity contribution in [2.24, 2.45) is 0 Å². The molecule has 0 saturated carbocycles. The maximum atomic E-state index is 12.7. The molecule has 1 aromatic rings. The highest BCUT2D eigenvalue weighted by Gasteiger charge is 2.40. The van der Waals surface area contributed by atoms with Crippen molar-refractivity contribution in [3.63, 3.8) is 0 Å². The zero-order chi connectivity index (χ0) is 15.7. The van der Waals surface area contributed by atoms with E-state index in [9.17, 15) is 9.59 Å². The van der Waals surface area contributed by atoms with Crippen molar-refractivity contribution in [2.75, 3.05) is 6.54 Å². The van der Waals surface area contributed by atoms with Crippen molar-refractivity contribution in [1.82, 2.24) is 4.90 Å². The molecule has 0 bridgehead atoms. The van der Waals surface area contributed by atoms with E-state index in [0.29, 0.717) is 19.4 Å². The van der Waals surface area contributed by atoms with Crippen LogP contribution in [0.4, 0.5) is 0 Å². The Morgan fingerprint density at radius 3 is 2.45 bits per heavy atom. The first kappa shape index (κ1) is 15.5. The van der Waals surface area contributed by atoms with Crippen LogP contribution in [0.2, 0.25) is 0 Å². The number of benzene rings is 1. The lowest BCUT2D eigenvalue weighted by Gasteiger charge is -2.27. The molecule has 1 amide bonds. The van der Waals surface area contributed by atoms with Crippen molar-refractivity contribution < 1.29 is 19.4 Å². The van der Waals surface area contributed by atoms with Crippen LogP contribution >= 0.6 is 15.9 Å². The molecule has 2 fully saturated rings. The van der Waals surface area contributed by atoms with E-state index in [4.69, 9.17) is 9.84 Å². The minimum absolute atomic E-state index is 0.0630. The predicted molar refractivity (Wildman–Crippen MR) is 83.4 cm³/mol. The second-order valence-corrected chi connectivity index (χ2v) is 6.69. The molecule has 0 aromatic heterocycles. The van der Waals surface area contributed by atoms with Gasteiger partial charge in [0.05, 0.1) is 6.04 Å². The number of aliphatic carboxylic acids is 1. The summed E-state index contributed by atoms with van der Waals surface area (Å²) in [7, 11) is 0. The fraction of sp³-hybridized carbons (Fsp3) is 0.500. The lowest BCUT2D eigenvalue weighted by atomic mass is 10.0. The third kappa shape index (κ3) is 3.03. The number of carbonyl (C=O) groups excluding carboxylic acids is 1. The van der Waals surface area contributed by atoms with Gasteiger partial charge in [-0.1, -0.05) is 28.1 Å². The minimum atomic E-state index is -0.985. The Balaban J connectivity index is 1.72. The number of hydrogen-bond donors (Lipinski definition) is 1. The first-order valence-corrected chi connectivity index (χ1v) is 8.30. The summed E-state index contributed by atoms with van der Waals surface area (Å²) in [5.74, 6) is -1.06. The molecule has 2 heterocycles. The first-order valence-electron chi connectivity index (χ1n) is 7.50. The number of likely N-dealkylation sites (tertiary alicyclic amines) is 1. The maximum absolute atomic E-state index is 12.7. The van der Waals surface area contributed by atoms with Crippen molar-refractivity contribution >= 4 is 27.8 Å². The van der Waals surface area contributed by atoms with E-state index in [-0.39, 0.29) is 11.9 Å². The Labute approximate surface area is 137 Å². The van der Waals surface area contributed by atoms with Gasteiger partial charge >= 0.3 is 5.97 Å². The molecule has 2 aliphatic rings. The molecule has 1 N–H and O–H groups in total. The van der Waals surface area contributed by atoms with Crippen LogP contribution < -0.4 is 0 Å². The normalized spacial score (nSPS) is 28.0. The summed E-state index contributed by atoms with van der Waals surface area (Å²) in [5.41, 5.74) is 1.11. The van der Waals surface area contributed by atoms with Crippen molar-refractivity contribution in [3.05, 3.63) is 34.3 Å². The molecule has 22 heavy (non-hydrogen) atoms. The van der Waals surface area contributed by atoms with Crippen molar-refractivity contribution in [2.45, 2.75) is 43.9 Å². The number of ether oxygens (including phenoxy) is 1. The zero-order valence-corrected chi connectivity index (χ0v) is 13.7. The van der Waals surface area contributed by atoms with E-state index >= 15 is 0 Å². The van der Waals surface area contributed by atoms with Gasteiger partial charge in [0.1, 0.15) is 6.10 Å². The van der Waals surface area contributed by atoms with E-state index in [1.165, 1.54) is 0 Å². The summed E-state index contributed by atoms with van der Waals surface area (Å²) >= 11 is 3.42. The lowest BCUT2D eigenvalue weighted by molar-refractivity contribution is -0.155. The Bertz CT molecular complexity index is 574. The molecule has 0 spiro atoms. The summed E-state index contributed by atoms with van der Waals surface area (Å²) in [6.45, 7) is 0.706. The Kier molecular flexibility index (Phi) is 4.49. The highest BCUT2D eigenvalue weighted by Crippen LogP contribution is 2.34. The molecule has 1 aromatic carbocycles. The van der Waals surface area contributed by atoms with Crippen LogP contribution in [0.15, 0.2) is 28.7 Å². The predicted octanol–water partition coefficient (Wildman–Crippen LogP) is 2.74. The van der Waals surface area contributed by atoms with Crippen LogP contribution in [0.25, 0.3) is 0 Å². The Hall–Kier alpha value is -1.40. The summed E-state index contributed by atoms with van der Waals surface area (Å²) in [6, 6.07) is 8.06. The van der Waals surface area contributed by atoms with E-state index in [1.807, 2.05) is 29.2 Å². The third-order valence-electron chi connectivity index (χ3n) is 4.36. The van der Waals surface area contributed by atoms with Gasteiger partial charge in [-0.3, -0.25) is 4.79 Å². The van der Waals surface area contributed by atoms with Gasteiger partial charge < -0.3 is 14.7 Å². The highest BCUT2D eigenvalue weighted by atomic mass is 79.9. The van der Waals surface area contributed by atoms with Crippen LogP contribution in [0.5, 0.6) is 0 Å².